The van der Waals surface area contributed by atoms with Crippen molar-refractivity contribution >= 4 is 0 Å². The zero-order chi connectivity index (χ0) is 13.8. The maximum Gasteiger partial charge on any atom is 0.119 e. The minimum absolute atomic E-state index is 0.218. The van der Waals surface area contributed by atoms with Crippen molar-refractivity contribution in [3.05, 3.63) is 29.8 Å². The van der Waals surface area contributed by atoms with Gasteiger partial charge in [0.25, 0.3) is 0 Å². The summed E-state index contributed by atoms with van der Waals surface area (Å²) in [7, 11) is 2.02. The summed E-state index contributed by atoms with van der Waals surface area (Å²) in [5, 5.41) is 3.42. The third kappa shape index (κ3) is 3.71. The fourth-order valence-electron chi connectivity index (χ4n) is 2.78. The molecule has 106 valence electrons. The second-order valence-corrected chi connectivity index (χ2v) is 5.64. The summed E-state index contributed by atoms with van der Waals surface area (Å²) >= 11 is 0. The average Bonchev–Trinajstić information content (AvgIpc) is 2.78. The van der Waals surface area contributed by atoms with Crippen LogP contribution < -0.4 is 10.1 Å². The van der Waals surface area contributed by atoms with Crippen LogP contribution >= 0.6 is 0 Å². The number of benzene rings is 1. The summed E-state index contributed by atoms with van der Waals surface area (Å²) in [6, 6.07) is 8.78. The minimum Gasteiger partial charge on any atom is -0.491 e. The van der Waals surface area contributed by atoms with Crippen molar-refractivity contribution in [2.45, 2.75) is 45.4 Å². The Morgan fingerprint density at radius 3 is 2.42 bits per heavy atom. The first-order chi connectivity index (χ1) is 9.10. The Balaban J connectivity index is 2.06. The van der Waals surface area contributed by atoms with Crippen LogP contribution in [0.1, 0.15) is 38.8 Å². The number of hydrogen-bond acceptors (Lipinski definition) is 3. The van der Waals surface area contributed by atoms with E-state index in [1.54, 1.807) is 0 Å². The van der Waals surface area contributed by atoms with E-state index in [4.69, 9.17) is 9.47 Å². The van der Waals surface area contributed by atoms with Crippen molar-refractivity contribution in [2.24, 2.45) is 5.92 Å². The standard InChI is InChI=1S/C16H25NO2/c1-11(2)19-15-7-5-13(6-8-15)16(17-4)14-9-12(3)18-10-14/h5-8,11-12,14,16-17H,9-10H2,1-4H3. The lowest BCUT2D eigenvalue weighted by Crippen LogP contribution is -2.25. The number of hydrogen-bond donors (Lipinski definition) is 1. The molecular formula is C16H25NO2. The predicted octanol–water partition coefficient (Wildman–Crippen LogP) is 3.16. The molecule has 0 spiro atoms. The first kappa shape index (κ1) is 14.4. The predicted molar refractivity (Wildman–Crippen MR) is 77.5 cm³/mol. The highest BCUT2D eigenvalue weighted by molar-refractivity contribution is 5.29. The molecule has 1 heterocycles. The Bertz CT molecular complexity index is 388. The Morgan fingerprint density at radius 1 is 1.26 bits per heavy atom. The van der Waals surface area contributed by atoms with E-state index < -0.39 is 0 Å². The zero-order valence-corrected chi connectivity index (χ0v) is 12.3. The monoisotopic (exact) mass is 263 g/mol. The van der Waals surface area contributed by atoms with Crippen molar-refractivity contribution in [3.8, 4) is 5.75 Å². The van der Waals surface area contributed by atoms with E-state index in [0.29, 0.717) is 18.1 Å². The molecule has 3 heteroatoms. The van der Waals surface area contributed by atoms with Crippen LogP contribution in [0.5, 0.6) is 5.75 Å². The molecule has 1 aromatic carbocycles. The van der Waals surface area contributed by atoms with Gasteiger partial charge in [-0.3, -0.25) is 0 Å². The molecule has 0 bridgehead atoms. The smallest absolute Gasteiger partial charge is 0.119 e. The van der Waals surface area contributed by atoms with E-state index in [-0.39, 0.29) is 6.10 Å². The van der Waals surface area contributed by atoms with E-state index in [1.165, 1.54) is 5.56 Å². The van der Waals surface area contributed by atoms with Gasteiger partial charge in [0, 0.05) is 12.0 Å². The molecule has 3 unspecified atom stereocenters. The molecular weight excluding hydrogens is 238 g/mol. The lowest BCUT2D eigenvalue weighted by Gasteiger charge is -2.23. The molecule has 1 aliphatic heterocycles. The van der Waals surface area contributed by atoms with Crippen LogP contribution in [0.3, 0.4) is 0 Å². The van der Waals surface area contributed by atoms with Crippen LogP contribution in [0, 0.1) is 5.92 Å². The largest absolute Gasteiger partial charge is 0.491 e. The zero-order valence-electron chi connectivity index (χ0n) is 12.3. The molecule has 1 aromatic rings. The highest BCUT2D eigenvalue weighted by Crippen LogP contribution is 2.32. The molecule has 0 radical (unpaired) electrons. The van der Waals surface area contributed by atoms with Gasteiger partial charge in [0.2, 0.25) is 0 Å². The maximum absolute atomic E-state index is 5.68. The lowest BCUT2D eigenvalue weighted by atomic mass is 9.91. The highest BCUT2D eigenvalue weighted by Gasteiger charge is 2.29. The summed E-state index contributed by atoms with van der Waals surface area (Å²) < 4.78 is 11.4. The molecule has 2 rings (SSSR count). The van der Waals surface area contributed by atoms with Crippen molar-refractivity contribution < 1.29 is 9.47 Å². The molecule has 1 fully saturated rings. The highest BCUT2D eigenvalue weighted by atomic mass is 16.5. The van der Waals surface area contributed by atoms with Gasteiger partial charge in [-0.15, -0.1) is 0 Å². The maximum atomic E-state index is 5.68. The van der Waals surface area contributed by atoms with E-state index in [0.717, 1.165) is 18.8 Å². The number of ether oxygens (including phenoxy) is 2. The van der Waals surface area contributed by atoms with E-state index in [9.17, 15) is 0 Å². The minimum atomic E-state index is 0.218. The molecule has 0 amide bonds. The van der Waals surface area contributed by atoms with Gasteiger partial charge in [-0.2, -0.15) is 0 Å². The first-order valence-corrected chi connectivity index (χ1v) is 7.15. The molecule has 19 heavy (non-hydrogen) atoms. The van der Waals surface area contributed by atoms with Gasteiger partial charge < -0.3 is 14.8 Å². The molecule has 0 saturated carbocycles. The van der Waals surface area contributed by atoms with Crippen molar-refractivity contribution in [1.82, 2.24) is 5.32 Å². The summed E-state index contributed by atoms with van der Waals surface area (Å²) in [5.74, 6) is 1.49. The molecule has 3 atom stereocenters. The summed E-state index contributed by atoms with van der Waals surface area (Å²) in [6.07, 6.45) is 1.72. The molecule has 0 aliphatic carbocycles. The van der Waals surface area contributed by atoms with Crippen LogP contribution in [0.15, 0.2) is 24.3 Å². The molecule has 1 aliphatic rings. The van der Waals surface area contributed by atoms with E-state index >= 15 is 0 Å². The lowest BCUT2D eigenvalue weighted by molar-refractivity contribution is 0.117. The number of nitrogens with one attached hydrogen (secondary N) is 1. The van der Waals surface area contributed by atoms with Crippen molar-refractivity contribution in [2.75, 3.05) is 13.7 Å². The Labute approximate surface area is 116 Å². The van der Waals surface area contributed by atoms with Gasteiger partial charge in [0.1, 0.15) is 5.75 Å². The van der Waals surface area contributed by atoms with Crippen LogP contribution in [0.4, 0.5) is 0 Å². The quantitative estimate of drug-likeness (QED) is 0.885. The summed E-state index contributed by atoms with van der Waals surface area (Å²) in [6.45, 7) is 7.08. The number of rotatable bonds is 5. The summed E-state index contributed by atoms with van der Waals surface area (Å²) in [4.78, 5) is 0. The molecule has 0 aromatic heterocycles. The summed E-state index contributed by atoms with van der Waals surface area (Å²) in [5.41, 5.74) is 1.31. The van der Waals surface area contributed by atoms with Crippen LogP contribution in [0.2, 0.25) is 0 Å². The molecule has 3 nitrogen and oxygen atoms in total. The molecule has 1 N–H and O–H groups in total. The van der Waals surface area contributed by atoms with Gasteiger partial charge in [-0.05, 0) is 51.9 Å². The Kier molecular flexibility index (Phi) is 4.83. The fourth-order valence-corrected chi connectivity index (χ4v) is 2.78. The van der Waals surface area contributed by atoms with Gasteiger partial charge in [0.15, 0.2) is 0 Å². The third-order valence-electron chi connectivity index (χ3n) is 3.62. The van der Waals surface area contributed by atoms with Gasteiger partial charge in [-0.25, -0.2) is 0 Å². The van der Waals surface area contributed by atoms with Crippen LogP contribution in [-0.4, -0.2) is 25.9 Å². The Hall–Kier alpha value is -1.06. The van der Waals surface area contributed by atoms with Gasteiger partial charge >= 0.3 is 0 Å². The second kappa shape index (κ2) is 6.40. The average molecular weight is 263 g/mol. The SMILES string of the molecule is CNC(c1ccc(OC(C)C)cc1)C1COC(C)C1. The van der Waals surface area contributed by atoms with Crippen molar-refractivity contribution in [3.63, 3.8) is 0 Å². The van der Waals surface area contributed by atoms with E-state index in [1.807, 2.05) is 20.9 Å². The van der Waals surface area contributed by atoms with Crippen molar-refractivity contribution in [1.29, 1.82) is 0 Å². The topological polar surface area (TPSA) is 30.5 Å². The molecule has 1 saturated heterocycles. The normalized spacial score (nSPS) is 24.7. The fraction of sp³-hybridized carbons (Fsp3) is 0.625. The third-order valence-corrected chi connectivity index (χ3v) is 3.62. The van der Waals surface area contributed by atoms with Gasteiger partial charge in [-0.1, -0.05) is 12.1 Å². The van der Waals surface area contributed by atoms with Gasteiger partial charge in [0.05, 0.1) is 18.8 Å². The van der Waals surface area contributed by atoms with E-state index in [2.05, 4.69) is 36.5 Å². The van der Waals surface area contributed by atoms with Crippen LogP contribution in [-0.2, 0) is 4.74 Å². The van der Waals surface area contributed by atoms with Crippen LogP contribution in [0.25, 0.3) is 0 Å². The Morgan fingerprint density at radius 2 is 1.95 bits per heavy atom. The first-order valence-electron chi connectivity index (χ1n) is 7.15. The second-order valence-electron chi connectivity index (χ2n) is 5.64.